The van der Waals surface area contributed by atoms with Gasteiger partial charge in [0.05, 0.1) is 11.4 Å². The smallest absolute Gasteiger partial charge is 0.193 e. The number of hydrogen-bond acceptors (Lipinski definition) is 3. The van der Waals surface area contributed by atoms with Crippen LogP contribution in [0.4, 0.5) is 4.39 Å². The molecule has 0 spiro atoms. The average Bonchev–Trinajstić information content (AvgIpc) is 3.35. The lowest BCUT2D eigenvalue weighted by atomic mass is 10.2. The van der Waals surface area contributed by atoms with E-state index in [1.807, 2.05) is 19.3 Å². The van der Waals surface area contributed by atoms with Crippen LogP contribution in [0.1, 0.15) is 25.5 Å². The van der Waals surface area contributed by atoms with E-state index in [4.69, 9.17) is 0 Å². The topological polar surface area (TPSA) is 48.7 Å². The molecule has 6 nitrogen and oxygen atoms in total. The Morgan fingerprint density at radius 3 is 2.82 bits per heavy atom. The summed E-state index contributed by atoms with van der Waals surface area (Å²) in [7, 11) is 3.93. The molecule has 2 aromatic rings. The van der Waals surface area contributed by atoms with Gasteiger partial charge < -0.3 is 10.2 Å². The maximum absolute atomic E-state index is 13.1. The average molecular weight is 387 g/mol. The summed E-state index contributed by atoms with van der Waals surface area (Å²) in [4.78, 5) is 9.19. The van der Waals surface area contributed by atoms with E-state index in [0.717, 1.165) is 43.4 Å². The predicted octanol–water partition coefficient (Wildman–Crippen LogP) is 2.55. The third kappa shape index (κ3) is 5.10. The normalized spacial score (nSPS) is 17.9. The van der Waals surface area contributed by atoms with E-state index in [1.54, 1.807) is 16.8 Å². The summed E-state index contributed by atoms with van der Waals surface area (Å²) < 4.78 is 14.8. The third-order valence-corrected chi connectivity index (χ3v) is 5.36. The number of aliphatic imine (C=N–C) groups is 1. The van der Waals surface area contributed by atoms with Crippen LogP contribution in [0.25, 0.3) is 5.69 Å². The third-order valence-electron chi connectivity index (χ3n) is 5.36. The van der Waals surface area contributed by atoms with Crippen LogP contribution < -0.4 is 5.32 Å². The Hall–Kier alpha value is -2.41. The number of guanidine groups is 1. The van der Waals surface area contributed by atoms with Crippen molar-refractivity contribution in [2.45, 2.75) is 32.2 Å². The highest BCUT2D eigenvalue weighted by Crippen LogP contribution is 2.17. The first-order chi connectivity index (χ1) is 13.6. The van der Waals surface area contributed by atoms with Crippen LogP contribution in [0.2, 0.25) is 0 Å². The van der Waals surface area contributed by atoms with Gasteiger partial charge >= 0.3 is 0 Å². The Bertz CT molecular complexity index is 769. The largest absolute Gasteiger partial charge is 0.356 e. The van der Waals surface area contributed by atoms with Gasteiger partial charge in [-0.15, -0.1) is 0 Å². The summed E-state index contributed by atoms with van der Waals surface area (Å²) in [5, 5.41) is 8.02. The lowest BCUT2D eigenvalue weighted by molar-refractivity contribution is 0.233. The van der Waals surface area contributed by atoms with Crippen molar-refractivity contribution < 1.29 is 4.39 Å². The van der Waals surface area contributed by atoms with Crippen molar-refractivity contribution in [3.63, 3.8) is 0 Å². The van der Waals surface area contributed by atoms with E-state index in [0.29, 0.717) is 6.04 Å². The molecule has 1 fully saturated rings. The van der Waals surface area contributed by atoms with Crippen LogP contribution in [0, 0.1) is 5.82 Å². The highest BCUT2D eigenvalue weighted by Gasteiger charge is 2.24. The van der Waals surface area contributed by atoms with E-state index in [9.17, 15) is 4.39 Å². The van der Waals surface area contributed by atoms with Crippen LogP contribution >= 0.6 is 0 Å². The number of benzene rings is 1. The summed E-state index contributed by atoms with van der Waals surface area (Å²) in [6, 6.07) is 8.95. The van der Waals surface area contributed by atoms with Crippen molar-refractivity contribution in [2.24, 2.45) is 4.99 Å². The highest BCUT2D eigenvalue weighted by atomic mass is 19.1. The van der Waals surface area contributed by atoms with E-state index >= 15 is 0 Å². The second-order valence-corrected chi connectivity index (χ2v) is 7.26. The van der Waals surface area contributed by atoms with Crippen molar-refractivity contribution in [1.82, 2.24) is 24.9 Å². The number of nitrogens with zero attached hydrogens (tertiary/aromatic N) is 5. The Labute approximate surface area is 167 Å². The zero-order valence-corrected chi connectivity index (χ0v) is 17.1. The van der Waals surface area contributed by atoms with Crippen LogP contribution in [0.15, 0.2) is 41.5 Å². The zero-order chi connectivity index (χ0) is 19.9. The quantitative estimate of drug-likeness (QED) is 0.587. The second kappa shape index (κ2) is 9.68. The Kier molecular flexibility index (Phi) is 7.03. The molecule has 152 valence electrons. The van der Waals surface area contributed by atoms with Crippen LogP contribution in [0.5, 0.6) is 0 Å². The summed E-state index contributed by atoms with van der Waals surface area (Å²) in [5.41, 5.74) is 1.84. The van der Waals surface area contributed by atoms with Crippen molar-refractivity contribution in [3.05, 3.63) is 48.0 Å². The Morgan fingerprint density at radius 1 is 1.32 bits per heavy atom. The first-order valence-corrected chi connectivity index (χ1v) is 10.1. The molecule has 28 heavy (non-hydrogen) atoms. The fourth-order valence-corrected chi connectivity index (χ4v) is 3.84. The summed E-state index contributed by atoms with van der Waals surface area (Å²) in [6.45, 7) is 6.31. The standard InChI is InChI=1S/C21H31FN6/c1-4-27-14-5-6-20(27)16-26(3)21(23-2)24-13-11-18-12-15-28(25-18)19-9-7-17(22)8-10-19/h7-10,12,15,20H,4-6,11,13-14,16H2,1-3H3,(H,23,24). The maximum atomic E-state index is 13.1. The van der Waals surface area contributed by atoms with Crippen molar-refractivity contribution in [1.29, 1.82) is 0 Å². The number of aromatic nitrogens is 2. The predicted molar refractivity (Wildman–Crippen MR) is 111 cm³/mol. The minimum atomic E-state index is -0.240. The first kappa shape index (κ1) is 20.3. The lowest BCUT2D eigenvalue weighted by Gasteiger charge is -2.29. The molecule has 1 atom stereocenters. The molecule has 1 aromatic carbocycles. The Morgan fingerprint density at radius 2 is 2.11 bits per heavy atom. The molecule has 1 aliphatic rings. The molecule has 0 aliphatic carbocycles. The fraction of sp³-hybridized carbons (Fsp3) is 0.524. The minimum absolute atomic E-state index is 0.240. The molecule has 1 unspecified atom stereocenters. The zero-order valence-electron chi connectivity index (χ0n) is 17.1. The number of likely N-dealkylation sites (tertiary alicyclic amines) is 1. The van der Waals surface area contributed by atoms with Gasteiger partial charge in [0.25, 0.3) is 0 Å². The number of hydrogen-bond donors (Lipinski definition) is 1. The number of halogens is 1. The molecular weight excluding hydrogens is 355 g/mol. The van der Waals surface area contributed by atoms with Gasteiger partial charge in [0.1, 0.15) is 5.82 Å². The number of rotatable bonds is 7. The van der Waals surface area contributed by atoms with Crippen LogP contribution in [-0.2, 0) is 6.42 Å². The molecule has 0 radical (unpaired) electrons. The van der Waals surface area contributed by atoms with Gasteiger partial charge in [0, 0.05) is 45.8 Å². The molecule has 1 N–H and O–H groups in total. The highest BCUT2D eigenvalue weighted by molar-refractivity contribution is 5.79. The van der Waals surface area contributed by atoms with E-state index in [2.05, 4.69) is 39.2 Å². The van der Waals surface area contributed by atoms with Crippen molar-refractivity contribution >= 4 is 5.96 Å². The minimum Gasteiger partial charge on any atom is -0.356 e. The molecule has 3 rings (SSSR count). The molecular formula is C21H31FN6. The van der Waals surface area contributed by atoms with Crippen molar-refractivity contribution in [2.75, 3.05) is 40.3 Å². The van der Waals surface area contributed by atoms with Gasteiger partial charge in [-0.25, -0.2) is 9.07 Å². The summed E-state index contributed by atoms with van der Waals surface area (Å²) in [5.74, 6) is 0.677. The maximum Gasteiger partial charge on any atom is 0.193 e. The molecule has 7 heteroatoms. The fourth-order valence-electron chi connectivity index (χ4n) is 3.84. The molecule has 1 aliphatic heterocycles. The van der Waals surface area contributed by atoms with Gasteiger partial charge in [-0.3, -0.25) is 9.89 Å². The van der Waals surface area contributed by atoms with E-state index in [1.165, 1.54) is 31.5 Å². The van der Waals surface area contributed by atoms with Gasteiger partial charge in [0.2, 0.25) is 0 Å². The van der Waals surface area contributed by atoms with Gasteiger partial charge in [-0.05, 0) is 56.3 Å². The van der Waals surface area contributed by atoms with Gasteiger partial charge in [-0.1, -0.05) is 6.92 Å². The summed E-state index contributed by atoms with van der Waals surface area (Å²) >= 11 is 0. The Balaban J connectivity index is 1.48. The van der Waals surface area contributed by atoms with Gasteiger partial charge in [0.15, 0.2) is 5.96 Å². The van der Waals surface area contributed by atoms with Crippen LogP contribution in [0.3, 0.4) is 0 Å². The summed E-state index contributed by atoms with van der Waals surface area (Å²) in [6.07, 6.45) is 5.25. The molecule has 0 bridgehead atoms. The van der Waals surface area contributed by atoms with E-state index < -0.39 is 0 Å². The second-order valence-electron chi connectivity index (χ2n) is 7.26. The van der Waals surface area contributed by atoms with Crippen LogP contribution in [-0.4, -0.2) is 71.9 Å². The number of likely N-dealkylation sites (N-methyl/N-ethyl adjacent to an activating group) is 2. The van der Waals surface area contributed by atoms with Gasteiger partial charge in [-0.2, -0.15) is 5.10 Å². The molecule has 1 aromatic heterocycles. The first-order valence-electron chi connectivity index (χ1n) is 10.1. The monoisotopic (exact) mass is 386 g/mol. The molecule has 0 saturated carbocycles. The SMILES string of the molecule is CCN1CCCC1CN(C)C(=NC)NCCc1ccn(-c2ccc(F)cc2)n1. The number of nitrogens with one attached hydrogen (secondary N) is 1. The molecule has 0 amide bonds. The molecule has 2 heterocycles. The molecule has 1 saturated heterocycles. The van der Waals surface area contributed by atoms with E-state index in [-0.39, 0.29) is 5.82 Å². The van der Waals surface area contributed by atoms with Crippen molar-refractivity contribution in [3.8, 4) is 5.69 Å². The lowest BCUT2D eigenvalue weighted by Crippen LogP contribution is -2.46.